The van der Waals surface area contributed by atoms with Crippen LogP contribution in [0.3, 0.4) is 0 Å². The smallest absolute Gasteiger partial charge is 0.326 e. The summed E-state index contributed by atoms with van der Waals surface area (Å²) in [6.45, 7) is 2.80. The summed E-state index contributed by atoms with van der Waals surface area (Å²) in [5.41, 5.74) is -0.571. The number of likely N-dealkylation sites (tertiary alicyclic amines) is 1. The number of hydrogen-bond donors (Lipinski definition) is 2. The van der Waals surface area contributed by atoms with Gasteiger partial charge in [0, 0.05) is 6.04 Å². The molecule has 1 aliphatic carbocycles. The van der Waals surface area contributed by atoms with Crippen molar-refractivity contribution in [1.29, 1.82) is 0 Å². The largest absolute Gasteiger partial charge is 0.480 e. The highest BCUT2D eigenvalue weighted by Gasteiger charge is 2.51. The third-order valence-corrected chi connectivity index (χ3v) is 5.70. The molecule has 3 aliphatic rings. The second kappa shape index (κ2) is 5.59. The molecule has 0 radical (unpaired) electrons. The lowest BCUT2D eigenvalue weighted by molar-refractivity contribution is -0.153. The van der Waals surface area contributed by atoms with Crippen molar-refractivity contribution in [2.24, 2.45) is 5.92 Å². The molecule has 1 saturated carbocycles. The van der Waals surface area contributed by atoms with Crippen molar-refractivity contribution in [3.63, 3.8) is 0 Å². The van der Waals surface area contributed by atoms with Gasteiger partial charge in [0.05, 0.1) is 5.54 Å². The lowest BCUT2D eigenvalue weighted by Gasteiger charge is -2.41. The first kappa shape index (κ1) is 14.8. The van der Waals surface area contributed by atoms with E-state index in [2.05, 4.69) is 5.32 Å². The zero-order valence-corrected chi connectivity index (χ0v) is 12.8. The standard InChI is InChI=1S/C16H26N2O3/c1-16(8-4-5-9-17-16)15(21)18-12-7-3-2-6-11(12)10-13(18)14(19)20/h11-13,17H,2-10H2,1H3,(H,19,20). The van der Waals surface area contributed by atoms with Gasteiger partial charge < -0.3 is 15.3 Å². The van der Waals surface area contributed by atoms with Gasteiger partial charge in [0.25, 0.3) is 0 Å². The molecule has 5 heteroatoms. The Morgan fingerprint density at radius 3 is 2.62 bits per heavy atom. The van der Waals surface area contributed by atoms with E-state index in [1.807, 2.05) is 6.92 Å². The first-order chi connectivity index (χ1) is 10.0. The van der Waals surface area contributed by atoms with Crippen molar-refractivity contribution in [3.05, 3.63) is 0 Å². The van der Waals surface area contributed by atoms with E-state index in [0.29, 0.717) is 12.3 Å². The first-order valence-electron chi connectivity index (χ1n) is 8.33. The van der Waals surface area contributed by atoms with Gasteiger partial charge in [-0.1, -0.05) is 12.8 Å². The Morgan fingerprint density at radius 1 is 1.19 bits per heavy atom. The third kappa shape index (κ3) is 2.56. The molecule has 3 fully saturated rings. The fraction of sp³-hybridized carbons (Fsp3) is 0.875. The Bertz CT molecular complexity index is 431. The zero-order valence-electron chi connectivity index (χ0n) is 12.8. The van der Waals surface area contributed by atoms with E-state index in [1.54, 1.807) is 4.90 Å². The van der Waals surface area contributed by atoms with Crippen molar-refractivity contribution in [3.8, 4) is 0 Å². The summed E-state index contributed by atoms with van der Waals surface area (Å²) in [6.07, 6.45) is 7.91. The minimum atomic E-state index is -0.836. The van der Waals surface area contributed by atoms with Crippen LogP contribution in [0, 0.1) is 5.92 Å². The summed E-state index contributed by atoms with van der Waals surface area (Å²) in [6, 6.07) is -0.473. The summed E-state index contributed by atoms with van der Waals surface area (Å²) in [4.78, 5) is 26.5. The van der Waals surface area contributed by atoms with E-state index in [9.17, 15) is 14.7 Å². The predicted molar refractivity (Wildman–Crippen MR) is 78.9 cm³/mol. The number of carboxylic acid groups (broad SMARTS) is 1. The number of fused-ring (bicyclic) bond motifs is 1. The second-order valence-electron chi connectivity index (χ2n) is 7.13. The minimum absolute atomic E-state index is 0.0176. The minimum Gasteiger partial charge on any atom is -0.480 e. The lowest BCUT2D eigenvalue weighted by atomic mass is 9.84. The maximum Gasteiger partial charge on any atom is 0.326 e. The molecule has 4 unspecified atom stereocenters. The summed E-state index contributed by atoms with van der Waals surface area (Å²) in [5, 5.41) is 12.9. The van der Waals surface area contributed by atoms with E-state index in [0.717, 1.165) is 45.1 Å². The normalized spacial score (nSPS) is 39.9. The van der Waals surface area contributed by atoms with Crippen molar-refractivity contribution >= 4 is 11.9 Å². The summed E-state index contributed by atoms with van der Waals surface area (Å²) >= 11 is 0. The van der Waals surface area contributed by atoms with Crippen molar-refractivity contribution in [2.75, 3.05) is 6.54 Å². The monoisotopic (exact) mass is 294 g/mol. The van der Waals surface area contributed by atoms with Gasteiger partial charge in [-0.3, -0.25) is 4.79 Å². The molecule has 3 rings (SSSR count). The number of piperidine rings is 1. The molecule has 4 atom stereocenters. The van der Waals surface area contributed by atoms with E-state index in [1.165, 1.54) is 6.42 Å². The van der Waals surface area contributed by atoms with Gasteiger partial charge in [-0.2, -0.15) is 0 Å². The molecule has 0 bridgehead atoms. The van der Waals surface area contributed by atoms with E-state index in [-0.39, 0.29) is 11.9 Å². The highest BCUT2D eigenvalue weighted by Crippen LogP contribution is 2.41. The van der Waals surface area contributed by atoms with Crippen molar-refractivity contribution in [1.82, 2.24) is 10.2 Å². The third-order valence-electron chi connectivity index (χ3n) is 5.70. The van der Waals surface area contributed by atoms with Crippen LogP contribution < -0.4 is 5.32 Å². The van der Waals surface area contributed by atoms with Gasteiger partial charge in [-0.05, 0) is 57.9 Å². The van der Waals surface area contributed by atoms with Gasteiger partial charge in [0.15, 0.2) is 0 Å². The lowest BCUT2D eigenvalue weighted by Crippen LogP contribution is -2.61. The fourth-order valence-corrected chi connectivity index (χ4v) is 4.50. The maximum absolute atomic E-state index is 13.1. The fourth-order valence-electron chi connectivity index (χ4n) is 4.50. The first-order valence-corrected chi connectivity index (χ1v) is 8.33. The van der Waals surface area contributed by atoms with Gasteiger partial charge in [0.2, 0.25) is 5.91 Å². The van der Waals surface area contributed by atoms with Gasteiger partial charge in [-0.25, -0.2) is 4.79 Å². The number of carboxylic acids is 1. The van der Waals surface area contributed by atoms with Gasteiger partial charge >= 0.3 is 5.97 Å². The number of nitrogens with one attached hydrogen (secondary N) is 1. The van der Waals surface area contributed by atoms with Crippen LogP contribution in [0.5, 0.6) is 0 Å². The Labute approximate surface area is 126 Å². The van der Waals surface area contributed by atoms with E-state index < -0.39 is 17.6 Å². The average molecular weight is 294 g/mol. The number of rotatable bonds is 2. The number of nitrogens with zero attached hydrogens (tertiary/aromatic N) is 1. The molecule has 21 heavy (non-hydrogen) atoms. The molecule has 2 saturated heterocycles. The molecule has 2 heterocycles. The Kier molecular flexibility index (Phi) is 3.95. The van der Waals surface area contributed by atoms with Crippen LogP contribution in [-0.2, 0) is 9.59 Å². The Balaban J connectivity index is 1.85. The number of carbonyl (C=O) groups is 2. The Hall–Kier alpha value is -1.10. The topological polar surface area (TPSA) is 69.6 Å². The molecule has 1 amide bonds. The van der Waals surface area contributed by atoms with E-state index >= 15 is 0 Å². The number of carbonyl (C=O) groups excluding carboxylic acids is 1. The molecule has 5 nitrogen and oxygen atoms in total. The molecule has 2 aliphatic heterocycles. The van der Waals surface area contributed by atoms with Gasteiger partial charge in [-0.15, -0.1) is 0 Å². The average Bonchev–Trinajstić information content (AvgIpc) is 2.86. The summed E-state index contributed by atoms with van der Waals surface area (Å²) in [5.74, 6) is -0.433. The molecular weight excluding hydrogens is 268 g/mol. The maximum atomic E-state index is 13.1. The molecule has 0 spiro atoms. The molecular formula is C16H26N2O3. The summed E-state index contributed by atoms with van der Waals surface area (Å²) < 4.78 is 0. The van der Waals surface area contributed by atoms with Crippen LogP contribution in [-0.4, -0.2) is 46.1 Å². The van der Waals surface area contributed by atoms with Gasteiger partial charge in [0.1, 0.15) is 6.04 Å². The van der Waals surface area contributed by atoms with Crippen molar-refractivity contribution < 1.29 is 14.7 Å². The van der Waals surface area contributed by atoms with Crippen LogP contribution in [0.25, 0.3) is 0 Å². The number of hydrogen-bond acceptors (Lipinski definition) is 3. The molecule has 0 aromatic carbocycles. The second-order valence-corrected chi connectivity index (χ2v) is 7.13. The van der Waals surface area contributed by atoms with Crippen LogP contribution in [0.4, 0.5) is 0 Å². The van der Waals surface area contributed by atoms with Crippen LogP contribution in [0.2, 0.25) is 0 Å². The van der Waals surface area contributed by atoms with Crippen LogP contribution in [0.1, 0.15) is 58.3 Å². The predicted octanol–water partition coefficient (Wildman–Crippen LogP) is 1.76. The zero-order chi connectivity index (χ0) is 15.0. The molecule has 2 N–H and O–H groups in total. The summed E-state index contributed by atoms with van der Waals surface area (Å²) in [7, 11) is 0. The van der Waals surface area contributed by atoms with Crippen LogP contribution >= 0.6 is 0 Å². The van der Waals surface area contributed by atoms with Crippen LogP contribution in [0.15, 0.2) is 0 Å². The SMILES string of the molecule is CC1(C(=O)N2C(C(=O)O)CC3CCCCC32)CCCCN1. The van der Waals surface area contributed by atoms with E-state index in [4.69, 9.17) is 0 Å². The molecule has 118 valence electrons. The number of aliphatic carboxylic acids is 1. The number of amides is 1. The molecule has 0 aromatic heterocycles. The molecule has 0 aromatic rings. The highest BCUT2D eigenvalue weighted by atomic mass is 16.4. The van der Waals surface area contributed by atoms with Crippen molar-refractivity contribution in [2.45, 2.75) is 75.9 Å². The quantitative estimate of drug-likeness (QED) is 0.814. The highest BCUT2D eigenvalue weighted by molar-refractivity contribution is 5.91. The Morgan fingerprint density at radius 2 is 1.95 bits per heavy atom.